The maximum absolute atomic E-state index is 13.1. The van der Waals surface area contributed by atoms with Crippen LogP contribution in [-0.4, -0.2) is 31.7 Å². The van der Waals surface area contributed by atoms with Crippen molar-refractivity contribution in [3.05, 3.63) is 64.4 Å². The highest BCUT2D eigenvalue weighted by atomic mass is 79.9. The van der Waals surface area contributed by atoms with Gasteiger partial charge in [0.05, 0.1) is 16.9 Å². The molecule has 28 heavy (non-hydrogen) atoms. The zero-order valence-corrected chi connectivity index (χ0v) is 17.8. The van der Waals surface area contributed by atoms with E-state index in [9.17, 15) is 17.6 Å². The molecule has 1 saturated heterocycles. The third-order valence-corrected chi connectivity index (χ3v) is 7.34. The second-order valence-electron chi connectivity index (χ2n) is 6.94. The van der Waals surface area contributed by atoms with Crippen molar-refractivity contribution in [2.75, 3.05) is 13.1 Å². The molecule has 2 aromatic carbocycles. The number of halogens is 2. The first-order valence-corrected chi connectivity index (χ1v) is 11.3. The van der Waals surface area contributed by atoms with Crippen molar-refractivity contribution in [3.63, 3.8) is 0 Å². The molecule has 0 saturated carbocycles. The topological polar surface area (TPSA) is 66.5 Å². The molecule has 0 aliphatic carbocycles. The second-order valence-corrected chi connectivity index (χ2v) is 9.79. The molecule has 1 amide bonds. The van der Waals surface area contributed by atoms with Gasteiger partial charge >= 0.3 is 0 Å². The van der Waals surface area contributed by atoms with E-state index >= 15 is 0 Å². The Morgan fingerprint density at radius 2 is 1.82 bits per heavy atom. The van der Waals surface area contributed by atoms with E-state index < -0.39 is 15.9 Å². The van der Waals surface area contributed by atoms with Crippen molar-refractivity contribution in [2.45, 2.75) is 30.7 Å². The summed E-state index contributed by atoms with van der Waals surface area (Å²) in [6, 6.07) is 12.2. The Hall–Kier alpha value is -1.77. The van der Waals surface area contributed by atoms with Gasteiger partial charge in [0.15, 0.2) is 0 Å². The summed E-state index contributed by atoms with van der Waals surface area (Å²) in [6.45, 7) is 2.38. The van der Waals surface area contributed by atoms with E-state index in [0.717, 1.165) is 10.0 Å². The third kappa shape index (κ3) is 4.79. The van der Waals surface area contributed by atoms with E-state index in [1.807, 2.05) is 6.92 Å². The summed E-state index contributed by atoms with van der Waals surface area (Å²) in [4.78, 5) is 12.9. The summed E-state index contributed by atoms with van der Waals surface area (Å²) in [5.41, 5.74) is 0.796. The predicted octanol–water partition coefficient (Wildman–Crippen LogP) is 3.87. The molecule has 1 aliphatic heterocycles. The Morgan fingerprint density at radius 1 is 1.18 bits per heavy atom. The lowest BCUT2D eigenvalue weighted by Crippen LogP contribution is -2.45. The number of hydrogen-bond donors (Lipinski definition) is 1. The average molecular weight is 469 g/mol. The lowest BCUT2D eigenvalue weighted by Gasteiger charge is -2.32. The lowest BCUT2D eigenvalue weighted by atomic mass is 9.98. The second kappa shape index (κ2) is 8.71. The number of carbonyl (C=O) groups excluding carboxylic acids is 1. The first kappa shape index (κ1) is 21.0. The van der Waals surface area contributed by atoms with Gasteiger partial charge < -0.3 is 5.32 Å². The molecule has 150 valence electrons. The number of sulfonamides is 1. The minimum Gasteiger partial charge on any atom is -0.349 e. The van der Waals surface area contributed by atoms with Gasteiger partial charge in [-0.2, -0.15) is 4.31 Å². The molecule has 1 heterocycles. The van der Waals surface area contributed by atoms with E-state index in [-0.39, 0.29) is 29.2 Å². The quantitative estimate of drug-likeness (QED) is 0.723. The van der Waals surface area contributed by atoms with Crippen LogP contribution >= 0.6 is 15.9 Å². The van der Waals surface area contributed by atoms with Crippen molar-refractivity contribution in [2.24, 2.45) is 5.92 Å². The molecule has 5 nitrogen and oxygen atoms in total. The van der Waals surface area contributed by atoms with Crippen LogP contribution in [0.3, 0.4) is 0 Å². The number of nitrogens with one attached hydrogen (secondary N) is 1. The molecule has 0 aromatic heterocycles. The Bertz CT molecular complexity index is 933. The summed E-state index contributed by atoms with van der Waals surface area (Å²) < 4.78 is 41.0. The molecular weight excluding hydrogens is 447 g/mol. The Labute approximate surface area is 173 Å². The zero-order chi connectivity index (χ0) is 20.3. The van der Waals surface area contributed by atoms with E-state index in [1.54, 1.807) is 36.4 Å². The van der Waals surface area contributed by atoms with Crippen LogP contribution < -0.4 is 5.32 Å². The van der Waals surface area contributed by atoms with Gasteiger partial charge in [0.2, 0.25) is 15.9 Å². The number of carbonyl (C=O) groups is 1. The molecule has 8 heteroatoms. The number of hydrogen-bond acceptors (Lipinski definition) is 3. The Morgan fingerprint density at radius 3 is 2.46 bits per heavy atom. The summed E-state index contributed by atoms with van der Waals surface area (Å²) in [6.07, 6.45) is 1.26. The number of piperidine rings is 1. The maximum Gasteiger partial charge on any atom is 0.243 e. The van der Waals surface area contributed by atoms with Gasteiger partial charge in [-0.3, -0.25) is 4.79 Å². The summed E-state index contributed by atoms with van der Waals surface area (Å²) in [5, 5.41) is 2.92. The largest absolute Gasteiger partial charge is 0.349 e. The lowest BCUT2D eigenvalue weighted by molar-refractivity contribution is -0.126. The molecule has 0 unspecified atom stereocenters. The smallest absolute Gasteiger partial charge is 0.243 e. The average Bonchev–Trinajstić information content (AvgIpc) is 2.69. The highest BCUT2D eigenvalue weighted by Crippen LogP contribution is 2.25. The highest BCUT2D eigenvalue weighted by molar-refractivity contribution is 9.10. The fourth-order valence-electron chi connectivity index (χ4n) is 3.30. The molecular formula is C20H22BrFN2O3S. The number of benzene rings is 2. The van der Waals surface area contributed by atoms with Crippen molar-refractivity contribution in [3.8, 4) is 0 Å². The van der Waals surface area contributed by atoms with Crippen molar-refractivity contribution in [1.82, 2.24) is 9.62 Å². The Kier molecular flexibility index (Phi) is 6.52. The molecule has 1 aliphatic rings. The maximum atomic E-state index is 13.1. The molecule has 2 atom stereocenters. The van der Waals surface area contributed by atoms with Crippen LogP contribution in [0.5, 0.6) is 0 Å². The first-order chi connectivity index (χ1) is 13.3. The minimum absolute atomic E-state index is 0.153. The zero-order valence-electron chi connectivity index (χ0n) is 15.4. The molecule has 1 N–H and O–H groups in total. The van der Waals surface area contributed by atoms with Gasteiger partial charge in [-0.05, 0) is 61.7 Å². The minimum atomic E-state index is -3.64. The van der Waals surface area contributed by atoms with Crippen molar-refractivity contribution in [1.29, 1.82) is 0 Å². The van der Waals surface area contributed by atoms with Crippen LogP contribution in [0.4, 0.5) is 4.39 Å². The summed E-state index contributed by atoms with van der Waals surface area (Å²) in [7, 11) is -3.64. The standard InChI is InChI=1S/C20H22BrFN2O3S/c1-14(15-4-8-18(22)9-5-15)23-20(25)16-3-2-12-24(13-16)28(26,27)19-10-6-17(21)7-11-19/h4-11,14,16H,2-3,12-13H2,1H3,(H,23,25)/t14-,16-/m0/s1. The summed E-state index contributed by atoms with van der Waals surface area (Å²) in [5.74, 6) is -0.933. The SMILES string of the molecule is C[C@H](NC(=O)[C@H]1CCCN(S(=O)(=O)c2ccc(Br)cc2)C1)c1ccc(F)cc1. The fourth-order valence-corrected chi connectivity index (χ4v) is 5.08. The van der Waals surface area contributed by atoms with Gasteiger partial charge in [0, 0.05) is 17.6 Å². The number of nitrogens with zero attached hydrogens (tertiary/aromatic N) is 1. The fraction of sp³-hybridized carbons (Fsp3) is 0.350. The van der Waals surface area contributed by atoms with Crippen LogP contribution in [0.25, 0.3) is 0 Å². The van der Waals surface area contributed by atoms with Crippen LogP contribution in [0.1, 0.15) is 31.4 Å². The summed E-state index contributed by atoms with van der Waals surface area (Å²) >= 11 is 3.30. The van der Waals surface area contributed by atoms with E-state index in [1.165, 1.54) is 16.4 Å². The molecule has 2 aromatic rings. The third-order valence-electron chi connectivity index (χ3n) is 4.94. The van der Waals surface area contributed by atoms with E-state index in [2.05, 4.69) is 21.2 Å². The number of amides is 1. The molecule has 0 bridgehead atoms. The van der Waals surface area contributed by atoms with Gasteiger partial charge in [0.25, 0.3) is 0 Å². The molecule has 1 fully saturated rings. The van der Waals surface area contributed by atoms with Crippen molar-refractivity contribution < 1.29 is 17.6 Å². The predicted molar refractivity (Wildman–Crippen MR) is 109 cm³/mol. The van der Waals surface area contributed by atoms with E-state index in [0.29, 0.717) is 19.4 Å². The molecule has 0 radical (unpaired) electrons. The Balaban J connectivity index is 1.67. The van der Waals surface area contributed by atoms with Gasteiger partial charge in [0.1, 0.15) is 5.82 Å². The van der Waals surface area contributed by atoms with Gasteiger partial charge in [-0.15, -0.1) is 0 Å². The molecule has 3 rings (SSSR count). The van der Waals surface area contributed by atoms with Crippen LogP contribution in [0.2, 0.25) is 0 Å². The normalized spacial score (nSPS) is 19.2. The number of rotatable bonds is 5. The van der Waals surface area contributed by atoms with Crippen molar-refractivity contribution >= 4 is 31.9 Å². The van der Waals surface area contributed by atoms with Gasteiger partial charge in [-0.1, -0.05) is 28.1 Å². The monoisotopic (exact) mass is 468 g/mol. The van der Waals surface area contributed by atoms with Gasteiger partial charge in [-0.25, -0.2) is 12.8 Å². The van der Waals surface area contributed by atoms with Crippen LogP contribution in [0.15, 0.2) is 57.9 Å². The van der Waals surface area contributed by atoms with E-state index in [4.69, 9.17) is 0 Å². The molecule has 0 spiro atoms. The van der Waals surface area contributed by atoms with Crippen LogP contribution in [-0.2, 0) is 14.8 Å². The highest BCUT2D eigenvalue weighted by Gasteiger charge is 2.33. The first-order valence-electron chi connectivity index (χ1n) is 9.09. The van der Waals surface area contributed by atoms with Crippen LogP contribution in [0, 0.1) is 11.7 Å².